The summed E-state index contributed by atoms with van der Waals surface area (Å²) in [5, 5.41) is 8.00. The van der Waals surface area contributed by atoms with Crippen molar-refractivity contribution in [2.45, 2.75) is 58.9 Å². The maximum atomic E-state index is 4.57. The van der Waals surface area contributed by atoms with Gasteiger partial charge in [0.15, 0.2) is 0 Å². The highest BCUT2D eigenvalue weighted by Crippen LogP contribution is 2.23. The Labute approximate surface area is 116 Å². The van der Waals surface area contributed by atoms with E-state index >= 15 is 0 Å². The number of nitrogens with zero attached hydrogens (tertiary/aromatic N) is 2. The van der Waals surface area contributed by atoms with Crippen LogP contribution in [0.1, 0.15) is 45.4 Å². The molecule has 18 heavy (non-hydrogen) atoms. The third-order valence-corrected chi connectivity index (χ3v) is 3.90. The van der Waals surface area contributed by atoms with Crippen molar-refractivity contribution in [1.82, 2.24) is 15.1 Å². The molecule has 1 N–H and O–H groups in total. The van der Waals surface area contributed by atoms with Crippen LogP contribution < -0.4 is 5.32 Å². The molecular weight excluding hydrogens is 242 g/mol. The molecule has 1 aromatic heterocycles. The van der Waals surface area contributed by atoms with Crippen LogP contribution in [-0.4, -0.2) is 26.8 Å². The van der Waals surface area contributed by atoms with E-state index in [9.17, 15) is 0 Å². The molecule has 0 radical (unpaired) electrons. The average Bonchev–Trinajstić information content (AvgIpc) is 2.58. The summed E-state index contributed by atoms with van der Waals surface area (Å²) in [6.07, 6.45) is 3.36. The molecule has 0 aliphatic rings. The van der Waals surface area contributed by atoms with Gasteiger partial charge in [-0.05, 0) is 19.9 Å². The van der Waals surface area contributed by atoms with Gasteiger partial charge in [-0.25, -0.2) is 0 Å². The van der Waals surface area contributed by atoms with Crippen LogP contribution >= 0.6 is 11.8 Å². The van der Waals surface area contributed by atoms with Crippen molar-refractivity contribution in [1.29, 1.82) is 0 Å². The molecule has 0 aliphatic carbocycles. The molecule has 0 aromatic carbocycles. The SMILES string of the molecule is CCCNCc1cn(CCSC(C)(C)C)nc1C. The van der Waals surface area contributed by atoms with Gasteiger partial charge in [-0.15, -0.1) is 0 Å². The molecule has 104 valence electrons. The Balaban J connectivity index is 2.41. The van der Waals surface area contributed by atoms with E-state index in [-0.39, 0.29) is 0 Å². The van der Waals surface area contributed by atoms with E-state index in [0.717, 1.165) is 31.1 Å². The minimum absolute atomic E-state index is 0.341. The first-order valence-electron chi connectivity index (χ1n) is 6.80. The van der Waals surface area contributed by atoms with E-state index in [1.807, 2.05) is 11.8 Å². The number of rotatable bonds is 7. The molecule has 0 saturated carbocycles. The molecule has 0 atom stereocenters. The summed E-state index contributed by atoms with van der Waals surface area (Å²) >= 11 is 1.99. The van der Waals surface area contributed by atoms with Crippen molar-refractivity contribution < 1.29 is 0 Å². The second-order valence-electron chi connectivity index (χ2n) is 5.64. The third kappa shape index (κ3) is 5.91. The number of nitrogens with one attached hydrogen (secondary N) is 1. The Bertz CT molecular complexity index is 352. The summed E-state index contributed by atoms with van der Waals surface area (Å²) in [6.45, 7) is 14.1. The zero-order valence-electron chi connectivity index (χ0n) is 12.4. The van der Waals surface area contributed by atoms with E-state index < -0.39 is 0 Å². The quantitative estimate of drug-likeness (QED) is 0.771. The van der Waals surface area contributed by atoms with Gasteiger partial charge in [0.1, 0.15) is 0 Å². The van der Waals surface area contributed by atoms with Gasteiger partial charge in [0.25, 0.3) is 0 Å². The molecule has 1 heterocycles. The number of aromatic nitrogens is 2. The zero-order chi connectivity index (χ0) is 13.6. The van der Waals surface area contributed by atoms with Gasteiger partial charge in [-0.3, -0.25) is 4.68 Å². The largest absolute Gasteiger partial charge is 0.313 e. The summed E-state index contributed by atoms with van der Waals surface area (Å²) in [4.78, 5) is 0. The summed E-state index contributed by atoms with van der Waals surface area (Å²) in [6, 6.07) is 0. The van der Waals surface area contributed by atoms with E-state index in [1.54, 1.807) is 0 Å². The monoisotopic (exact) mass is 269 g/mol. The Hall–Kier alpha value is -0.480. The fourth-order valence-electron chi connectivity index (χ4n) is 1.69. The standard InChI is InChI=1S/C14H27N3S/c1-6-7-15-10-13-11-17(16-12(13)2)8-9-18-14(3,4)5/h11,15H,6-10H2,1-5H3. The van der Waals surface area contributed by atoms with Gasteiger partial charge in [0.2, 0.25) is 0 Å². The minimum Gasteiger partial charge on any atom is -0.313 e. The van der Waals surface area contributed by atoms with Gasteiger partial charge in [0.05, 0.1) is 5.69 Å². The van der Waals surface area contributed by atoms with Crippen molar-refractivity contribution in [2.24, 2.45) is 0 Å². The number of aryl methyl sites for hydroxylation is 2. The molecular formula is C14H27N3S. The molecule has 0 fully saturated rings. The van der Waals surface area contributed by atoms with Gasteiger partial charge >= 0.3 is 0 Å². The molecule has 0 aliphatic heterocycles. The first kappa shape index (κ1) is 15.6. The maximum absolute atomic E-state index is 4.57. The Morgan fingerprint density at radius 3 is 2.72 bits per heavy atom. The Morgan fingerprint density at radius 1 is 1.39 bits per heavy atom. The zero-order valence-corrected chi connectivity index (χ0v) is 13.2. The normalized spacial score (nSPS) is 12.1. The molecule has 0 unspecified atom stereocenters. The van der Waals surface area contributed by atoms with E-state index in [4.69, 9.17) is 0 Å². The summed E-state index contributed by atoms with van der Waals surface area (Å²) in [5.74, 6) is 1.12. The van der Waals surface area contributed by atoms with Crippen LogP contribution in [0.25, 0.3) is 0 Å². The van der Waals surface area contributed by atoms with Crippen molar-refractivity contribution in [3.63, 3.8) is 0 Å². The highest BCUT2D eigenvalue weighted by molar-refractivity contribution is 8.00. The molecule has 3 nitrogen and oxygen atoms in total. The second-order valence-corrected chi connectivity index (χ2v) is 7.56. The average molecular weight is 269 g/mol. The molecule has 1 aromatic rings. The fraction of sp³-hybridized carbons (Fsp3) is 0.786. The number of hydrogen-bond acceptors (Lipinski definition) is 3. The number of hydrogen-bond donors (Lipinski definition) is 1. The summed E-state index contributed by atoms with van der Waals surface area (Å²) in [5.41, 5.74) is 2.48. The molecule has 0 saturated heterocycles. The van der Waals surface area contributed by atoms with Crippen LogP contribution in [-0.2, 0) is 13.1 Å². The van der Waals surface area contributed by atoms with Crippen LogP contribution in [0.3, 0.4) is 0 Å². The van der Waals surface area contributed by atoms with Crippen molar-refractivity contribution >= 4 is 11.8 Å². The molecule has 0 amide bonds. The van der Waals surface area contributed by atoms with Gasteiger partial charge in [-0.2, -0.15) is 16.9 Å². The lowest BCUT2D eigenvalue weighted by Crippen LogP contribution is -2.14. The maximum Gasteiger partial charge on any atom is 0.0638 e. The van der Waals surface area contributed by atoms with Crippen molar-refractivity contribution in [3.05, 3.63) is 17.5 Å². The highest BCUT2D eigenvalue weighted by Gasteiger charge is 2.10. The first-order valence-corrected chi connectivity index (χ1v) is 7.78. The van der Waals surface area contributed by atoms with E-state index in [1.165, 1.54) is 12.0 Å². The second kappa shape index (κ2) is 7.19. The van der Waals surface area contributed by atoms with Crippen LogP contribution in [0, 0.1) is 6.92 Å². The topological polar surface area (TPSA) is 29.9 Å². The fourth-order valence-corrected chi connectivity index (χ4v) is 2.58. The van der Waals surface area contributed by atoms with Crippen molar-refractivity contribution in [3.8, 4) is 0 Å². The van der Waals surface area contributed by atoms with Crippen molar-refractivity contribution in [2.75, 3.05) is 12.3 Å². The lowest BCUT2D eigenvalue weighted by atomic mass is 10.2. The molecule has 0 bridgehead atoms. The van der Waals surface area contributed by atoms with Crippen LogP contribution in [0.4, 0.5) is 0 Å². The Morgan fingerprint density at radius 2 is 2.11 bits per heavy atom. The van der Waals surface area contributed by atoms with Crippen LogP contribution in [0.2, 0.25) is 0 Å². The summed E-state index contributed by atoms with van der Waals surface area (Å²) < 4.78 is 2.42. The predicted octanol–water partition coefficient (Wildman–Crippen LogP) is 3.22. The smallest absolute Gasteiger partial charge is 0.0638 e. The predicted molar refractivity (Wildman–Crippen MR) is 81.2 cm³/mol. The molecule has 1 rings (SSSR count). The minimum atomic E-state index is 0.341. The first-order chi connectivity index (χ1) is 8.42. The van der Waals surface area contributed by atoms with Gasteiger partial charge in [0, 0.05) is 35.3 Å². The van der Waals surface area contributed by atoms with Gasteiger partial charge in [-0.1, -0.05) is 27.7 Å². The highest BCUT2D eigenvalue weighted by atomic mass is 32.2. The van der Waals surface area contributed by atoms with E-state index in [0.29, 0.717) is 4.75 Å². The third-order valence-electron chi connectivity index (χ3n) is 2.65. The Kier molecular flexibility index (Phi) is 6.22. The molecule has 0 spiro atoms. The summed E-state index contributed by atoms with van der Waals surface area (Å²) in [7, 11) is 0. The van der Waals surface area contributed by atoms with Crippen LogP contribution in [0.15, 0.2) is 6.20 Å². The lowest BCUT2D eigenvalue weighted by molar-refractivity contribution is 0.653. The van der Waals surface area contributed by atoms with E-state index in [2.05, 4.69) is 55.9 Å². The number of thioether (sulfide) groups is 1. The lowest BCUT2D eigenvalue weighted by Gasteiger charge is -2.17. The van der Waals surface area contributed by atoms with Crippen LogP contribution in [0.5, 0.6) is 0 Å². The van der Waals surface area contributed by atoms with Gasteiger partial charge < -0.3 is 5.32 Å². The molecule has 4 heteroatoms.